The smallest absolute Gasteiger partial charge is 0.411 e. The zero-order valence-electron chi connectivity index (χ0n) is 24.6. The number of carbonyl (C=O) groups excluding carboxylic acids is 4. The Morgan fingerprint density at radius 1 is 0.933 bits per heavy atom. The molecule has 3 amide bonds. The van der Waals surface area contributed by atoms with E-state index in [0.29, 0.717) is 24.5 Å². The van der Waals surface area contributed by atoms with Crippen molar-refractivity contribution in [3.63, 3.8) is 0 Å². The summed E-state index contributed by atoms with van der Waals surface area (Å²) in [5, 5.41) is 13.4. The molecular formula is C34H35N3O6S2. The number of Topliss-reactive ketones (excluding diaryl/α,β-unsaturated/α-hetero) is 1. The van der Waals surface area contributed by atoms with Gasteiger partial charge in [0.2, 0.25) is 11.8 Å². The predicted molar refractivity (Wildman–Crippen MR) is 175 cm³/mol. The second-order valence-corrected chi connectivity index (χ2v) is 13.1. The van der Waals surface area contributed by atoms with E-state index in [4.69, 9.17) is 4.74 Å². The molecule has 0 aliphatic carbocycles. The van der Waals surface area contributed by atoms with Crippen molar-refractivity contribution < 1.29 is 29.1 Å². The monoisotopic (exact) mass is 645 g/mol. The van der Waals surface area contributed by atoms with Crippen molar-refractivity contribution in [3.8, 4) is 0 Å². The number of aryl methyl sites for hydroxylation is 1. The summed E-state index contributed by atoms with van der Waals surface area (Å²) in [5.74, 6) is -1.60. The number of hydrogen-bond donors (Lipinski definition) is 3. The first-order chi connectivity index (χ1) is 21.9. The SMILES string of the molecule is O=C(NO)[C@H](CC(=O)[C@H](CCc1ccccc1)NC(=O)[C@@H]1CSCN1C(=O)OCc1ccccc1)Cc1cc2ccccc2s1. The van der Waals surface area contributed by atoms with Gasteiger partial charge in [-0.05, 0) is 47.9 Å². The van der Waals surface area contributed by atoms with Gasteiger partial charge in [-0.25, -0.2) is 10.3 Å². The van der Waals surface area contributed by atoms with Crippen LogP contribution in [0.25, 0.3) is 10.1 Å². The highest BCUT2D eigenvalue weighted by molar-refractivity contribution is 7.99. The van der Waals surface area contributed by atoms with E-state index in [1.807, 2.05) is 91.0 Å². The molecule has 1 aromatic heterocycles. The van der Waals surface area contributed by atoms with Crippen molar-refractivity contribution in [3.05, 3.63) is 107 Å². The van der Waals surface area contributed by atoms with Crippen LogP contribution >= 0.6 is 23.1 Å². The van der Waals surface area contributed by atoms with Gasteiger partial charge in [-0.2, -0.15) is 0 Å². The number of nitrogens with one attached hydrogen (secondary N) is 2. The zero-order valence-corrected chi connectivity index (χ0v) is 26.2. The second kappa shape index (κ2) is 15.7. The van der Waals surface area contributed by atoms with Gasteiger partial charge in [-0.1, -0.05) is 78.9 Å². The van der Waals surface area contributed by atoms with Crippen LogP contribution in [0.4, 0.5) is 4.79 Å². The van der Waals surface area contributed by atoms with Crippen molar-refractivity contribution >= 4 is 56.9 Å². The van der Waals surface area contributed by atoms with Crippen LogP contribution in [0.15, 0.2) is 91.0 Å². The van der Waals surface area contributed by atoms with E-state index < -0.39 is 35.9 Å². The summed E-state index contributed by atoms with van der Waals surface area (Å²) in [4.78, 5) is 55.3. The zero-order chi connectivity index (χ0) is 31.6. The molecule has 1 aliphatic heterocycles. The number of ketones is 1. The number of thioether (sulfide) groups is 1. The average Bonchev–Trinajstić information content (AvgIpc) is 3.73. The average molecular weight is 646 g/mol. The normalized spacial score (nSPS) is 15.8. The number of carbonyl (C=O) groups is 4. The van der Waals surface area contributed by atoms with E-state index in [1.165, 1.54) is 28.0 Å². The minimum absolute atomic E-state index is 0.0848. The van der Waals surface area contributed by atoms with Gasteiger partial charge in [0.1, 0.15) is 12.6 Å². The van der Waals surface area contributed by atoms with Crippen molar-refractivity contribution in [1.29, 1.82) is 0 Å². The van der Waals surface area contributed by atoms with Crippen LogP contribution in [-0.4, -0.2) is 57.5 Å². The molecule has 4 aromatic rings. The van der Waals surface area contributed by atoms with Gasteiger partial charge in [0.25, 0.3) is 0 Å². The Morgan fingerprint density at radius 2 is 1.62 bits per heavy atom. The molecule has 1 fully saturated rings. The van der Waals surface area contributed by atoms with E-state index in [1.54, 1.807) is 5.48 Å². The molecule has 0 radical (unpaired) electrons. The molecule has 3 atom stereocenters. The van der Waals surface area contributed by atoms with Gasteiger partial charge >= 0.3 is 6.09 Å². The van der Waals surface area contributed by atoms with E-state index >= 15 is 0 Å². The van der Waals surface area contributed by atoms with Crippen molar-refractivity contribution in [1.82, 2.24) is 15.7 Å². The van der Waals surface area contributed by atoms with Gasteiger partial charge in [-0.15, -0.1) is 23.1 Å². The Balaban J connectivity index is 1.28. The van der Waals surface area contributed by atoms with Crippen LogP contribution < -0.4 is 10.8 Å². The van der Waals surface area contributed by atoms with Crippen LogP contribution in [0.3, 0.4) is 0 Å². The molecule has 9 nitrogen and oxygen atoms in total. The third-order valence-corrected chi connectivity index (χ3v) is 9.90. The maximum absolute atomic E-state index is 13.8. The molecule has 2 heterocycles. The molecule has 5 rings (SSSR count). The standard InChI is InChI=1S/C34H35N3O6S2/c38-30(19-26(32(39)36-42)18-27-17-25-13-7-8-14-31(25)45-27)28(16-15-23-9-3-1-4-10-23)35-33(40)29-21-44-22-37(29)34(41)43-20-24-11-5-2-6-12-24/h1-14,17,26,28-29,42H,15-16,18-22H2,(H,35,40)(H,36,39)/t26-,28-,29-/m0/s1. The summed E-state index contributed by atoms with van der Waals surface area (Å²) in [7, 11) is 0. The summed E-state index contributed by atoms with van der Waals surface area (Å²) in [6, 6.07) is 27.1. The Labute approximate surface area is 269 Å². The number of hydrogen-bond acceptors (Lipinski definition) is 8. The topological polar surface area (TPSA) is 125 Å². The first kappa shape index (κ1) is 32.2. The highest BCUT2D eigenvalue weighted by Gasteiger charge is 2.38. The first-order valence-corrected chi connectivity index (χ1v) is 16.7. The molecule has 3 aromatic carbocycles. The van der Waals surface area contributed by atoms with Gasteiger partial charge in [0.05, 0.1) is 17.8 Å². The van der Waals surface area contributed by atoms with Crippen LogP contribution in [0.1, 0.15) is 28.8 Å². The fraction of sp³-hybridized carbons (Fsp3) is 0.294. The minimum Gasteiger partial charge on any atom is -0.445 e. The maximum Gasteiger partial charge on any atom is 0.411 e. The molecule has 234 valence electrons. The lowest BCUT2D eigenvalue weighted by molar-refractivity contribution is -0.137. The number of hydroxylamine groups is 1. The number of fused-ring (bicyclic) bond motifs is 1. The second-order valence-electron chi connectivity index (χ2n) is 10.9. The predicted octanol–water partition coefficient (Wildman–Crippen LogP) is 5.35. The maximum atomic E-state index is 13.8. The van der Waals surface area contributed by atoms with Crippen molar-refractivity contribution in [2.75, 3.05) is 11.6 Å². The molecule has 0 spiro atoms. The van der Waals surface area contributed by atoms with Crippen molar-refractivity contribution in [2.45, 2.75) is 44.4 Å². The molecule has 1 aliphatic rings. The molecule has 1 saturated heterocycles. The Kier molecular flexibility index (Phi) is 11.2. The lowest BCUT2D eigenvalue weighted by Gasteiger charge is -2.26. The van der Waals surface area contributed by atoms with Crippen LogP contribution in [0, 0.1) is 5.92 Å². The molecular weight excluding hydrogens is 611 g/mol. The summed E-state index contributed by atoms with van der Waals surface area (Å²) in [6.07, 6.45) is 0.315. The van der Waals surface area contributed by atoms with Gasteiger partial charge < -0.3 is 10.1 Å². The number of ether oxygens (including phenoxy) is 1. The third kappa shape index (κ3) is 8.72. The summed E-state index contributed by atoms with van der Waals surface area (Å²) in [5.41, 5.74) is 3.55. The third-order valence-electron chi connectivity index (χ3n) is 7.75. The fourth-order valence-corrected chi connectivity index (χ4v) is 7.58. The van der Waals surface area contributed by atoms with Crippen molar-refractivity contribution in [2.24, 2.45) is 5.92 Å². The fourth-order valence-electron chi connectivity index (χ4n) is 5.29. The summed E-state index contributed by atoms with van der Waals surface area (Å²) >= 11 is 2.97. The Hall–Kier alpha value is -4.19. The minimum atomic E-state index is -0.901. The number of thiophene rings is 1. The van der Waals surface area contributed by atoms with E-state index in [9.17, 15) is 24.4 Å². The summed E-state index contributed by atoms with van der Waals surface area (Å²) in [6.45, 7) is 0.0848. The number of amides is 3. The first-order valence-electron chi connectivity index (χ1n) is 14.7. The molecule has 0 bridgehead atoms. The largest absolute Gasteiger partial charge is 0.445 e. The molecule has 0 saturated carbocycles. The van der Waals surface area contributed by atoms with E-state index in [-0.39, 0.29) is 25.2 Å². The van der Waals surface area contributed by atoms with Crippen LogP contribution in [0.2, 0.25) is 0 Å². The lowest BCUT2D eigenvalue weighted by atomic mass is 9.91. The van der Waals surface area contributed by atoms with E-state index in [2.05, 4.69) is 5.32 Å². The van der Waals surface area contributed by atoms with Gasteiger partial charge in [0, 0.05) is 21.8 Å². The highest BCUT2D eigenvalue weighted by Crippen LogP contribution is 2.29. The Morgan fingerprint density at radius 3 is 2.33 bits per heavy atom. The molecule has 0 unspecified atom stereocenters. The quantitative estimate of drug-likeness (QED) is 0.132. The molecule has 11 heteroatoms. The van der Waals surface area contributed by atoms with Crippen LogP contribution in [-0.2, 0) is 38.6 Å². The number of benzene rings is 3. The highest BCUT2D eigenvalue weighted by atomic mass is 32.2. The van der Waals surface area contributed by atoms with Crippen LogP contribution in [0.5, 0.6) is 0 Å². The summed E-state index contributed by atoms with van der Waals surface area (Å²) < 4.78 is 6.55. The number of rotatable bonds is 13. The molecule has 3 N–H and O–H groups in total. The lowest BCUT2D eigenvalue weighted by Crippen LogP contribution is -2.52. The van der Waals surface area contributed by atoms with Gasteiger partial charge in [0.15, 0.2) is 5.78 Å². The Bertz CT molecular complexity index is 1580. The van der Waals surface area contributed by atoms with Gasteiger partial charge in [-0.3, -0.25) is 24.5 Å². The van der Waals surface area contributed by atoms with E-state index in [0.717, 1.165) is 26.1 Å². The number of nitrogens with zero attached hydrogens (tertiary/aromatic N) is 1. The molecule has 45 heavy (non-hydrogen) atoms.